The topological polar surface area (TPSA) is 95.5 Å². The van der Waals surface area contributed by atoms with Gasteiger partial charge in [0.05, 0.1) is 18.4 Å². The van der Waals surface area contributed by atoms with Crippen molar-refractivity contribution in [2.24, 2.45) is 5.92 Å². The van der Waals surface area contributed by atoms with E-state index in [4.69, 9.17) is 14.4 Å². The van der Waals surface area contributed by atoms with E-state index in [0.29, 0.717) is 17.1 Å². The van der Waals surface area contributed by atoms with Gasteiger partial charge in [-0.25, -0.2) is 0 Å². The van der Waals surface area contributed by atoms with Gasteiger partial charge >= 0.3 is 0 Å². The number of aliphatic hydroxyl groups excluding tert-OH is 1. The lowest BCUT2D eigenvalue weighted by atomic mass is 10.1. The summed E-state index contributed by atoms with van der Waals surface area (Å²) in [5.74, 6) is 0.305. The van der Waals surface area contributed by atoms with Crippen molar-refractivity contribution in [3.63, 3.8) is 0 Å². The van der Waals surface area contributed by atoms with Gasteiger partial charge in [0, 0.05) is 0 Å². The Morgan fingerprint density at radius 3 is 2.67 bits per heavy atom. The average molecular weight is 328 g/mol. The Balaban J connectivity index is 2.15. The maximum atomic E-state index is 12.6. The first-order valence-corrected chi connectivity index (χ1v) is 7.67. The van der Waals surface area contributed by atoms with Crippen LogP contribution < -0.4 is 10.1 Å². The molecule has 1 aromatic heterocycles. The summed E-state index contributed by atoms with van der Waals surface area (Å²) in [6.45, 7) is 3.40. The maximum Gasteiger partial charge on any atom is 0.262 e. The van der Waals surface area contributed by atoms with Crippen molar-refractivity contribution in [3.8, 4) is 11.8 Å². The molecule has 6 nitrogen and oxygen atoms in total. The second kappa shape index (κ2) is 8.18. The van der Waals surface area contributed by atoms with Gasteiger partial charge in [0.1, 0.15) is 23.6 Å². The first kappa shape index (κ1) is 17.6. The van der Waals surface area contributed by atoms with E-state index in [1.165, 1.54) is 6.26 Å². The molecular weight excluding hydrogens is 308 g/mol. The normalized spacial score (nSPS) is 13.1. The number of amides is 1. The predicted octanol–water partition coefficient (Wildman–Crippen LogP) is 2.40. The summed E-state index contributed by atoms with van der Waals surface area (Å²) in [4.78, 5) is 12.6. The maximum absolute atomic E-state index is 12.6. The number of carbonyl (C=O) groups excluding carboxylic acids is 1. The van der Waals surface area contributed by atoms with E-state index in [2.05, 4.69) is 5.32 Å². The summed E-state index contributed by atoms with van der Waals surface area (Å²) in [6, 6.07) is 11.5. The number of nitrogens with zero attached hydrogens (tertiary/aromatic N) is 1. The molecule has 0 aliphatic heterocycles. The van der Waals surface area contributed by atoms with Gasteiger partial charge in [0.15, 0.2) is 6.10 Å². The molecule has 0 saturated heterocycles. The van der Waals surface area contributed by atoms with E-state index in [9.17, 15) is 9.90 Å². The van der Waals surface area contributed by atoms with Crippen LogP contribution in [0, 0.1) is 17.2 Å². The number of benzene rings is 1. The van der Waals surface area contributed by atoms with Crippen LogP contribution in [-0.4, -0.2) is 23.7 Å². The first-order chi connectivity index (χ1) is 11.6. The number of carbonyl (C=O) groups is 1. The Hall–Kier alpha value is -2.78. The highest BCUT2D eigenvalue weighted by atomic mass is 16.5. The molecule has 2 unspecified atom stereocenters. The molecule has 2 atom stereocenters. The molecule has 1 amide bonds. The van der Waals surface area contributed by atoms with Gasteiger partial charge in [0.2, 0.25) is 0 Å². The molecule has 0 saturated carbocycles. The predicted molar refractivity (Wildman–Crippen MR) is 87.1 cm³/mol. The minimum absolute atomic E-state index is 0.132. The fourth-order valence-electron chi connectivity index (χ4n) is 2.24. The Morgan fingerprint density at radius 1 is 1.33 bits per heavy atom. The number of ether oxygens (including phenoxy) is 1. The summed E-state index contributed by atoms with van der Waals surface area (Å²) in [6.07, 6.45) is 0.674. The molecular formula is C18H20N2O4. The van der Waals surface area contributed by atoms with Gasteiger partial charge in [-0.2, -0.15) is 5.26 Å². The van der Waals surface area contributed by atoms with Crippen molar-refractivity contribution in [2.45, 2.75) is 26.0 Å². The Labute approximate surface area is 140 Å². The fourth-order valence-corrected chi connectivity index (χ4v) is 2.24. The van der Waals surface area contributed by atoms with E-state index < -0.39 is 12.1 Å². The molecule has 1 aromatic carbocycles. The summed E-state index contributed by atoms with van der Waals surface area (Å²) in [7, 11) is 0. The van der Waals surface area contributed by atoms with Crippen LogP contribution in [-0.2, 0) is 4.79 Å². The standard InChI is InChI=1S/C18H20N2O4/c1-12(2)17(24-15-7-4-3-6-13(15)10-19)18(22)20-14(11-21)16-8-5-9-23-16/h3-9,12,14,17,21H,11H2,1-2H3,(H,20,22). The fraction of sp³-hybridized carbons (Fsp3) is 0.333. The zero-order valence-corrected chi connectivity index (χ0v) is 13.6. The third kappa shape index (κ3) is 4.15. The van der Waals surface area contributed by atoms with Gasteiger partial charge in [-0.1, -0.05) is 26.0 Å². The molecule has 2 rings (SSSR count). The number of rotatable bonds is 7. The molecule has 6 heteroatoms. The van der Waals surface area contributed by atoms with Crippen LogP contribution >= 0.6 is 0 Å². The molecule has 1 heterocycles. The highest BCUT2D eigenvalue weighted by Gasteiger charge is 2.28. The zero-order valence-electron chi connectivity index (χ0n) is 13.6. The largest absolute Gasteiger partial charge is 0.479 e. The van der Waals surface area contributed by atoms with E-state index in [0.717, 1.165) is 0 Å². The molecule has 0 spiro atoms. The third-order valence-corrected chi connectivity index (χ3v) is 3.51. The van der Waals surface area contributed by atoms with Gasteiger partial charge in [0.25, 0.3) is 5.91 Å². The van der Waals surface area contributed by atoms with Crippen molar-refractivity contribution in [3.05, 3.63) is 54.0 Å². The summed E-state index contributed by atoms with van der Waals surface area (Å²) >= 11 is 0. The Bertz CT molecular complexity index is 704. The highest BCUT2D eigenvalue weighted by Crippen LogP contribution is 2.21. The van der Waals surface area contributed by atoms with E-state index in [1.54, 1.807) is 36.4 Å². The van der Waals surface area contributed by atoms with Crippen molar-refractivity contribution < 1.29 is 19.1 Å². The molecule has 2 aromatic rings. The van der Waals surface area contributed by atoms with Crippen LogP contribution in [0.25, 0.3) is 0 Å². The molecule has 0 aliphatic rings. The first-order valence-electron chi connectivity index (χ1n) is 7.67. The minimum atomic E-state index is -0.802. The van der Waals surface area contributed by atoms with Crippen LogP contribution in [0.2, 0.25) is 0 Å². The lowest BCUT2D eigenvalue weighted by molar-refractivity contribution is -0.131. The Morgan fingerprint density at radius 2 is 2.08 bits per heavy atom. The molecule has 126 valence electrons. The van der Waals surface area contributed by atoms with Crippen molar-refractivity contribution >= 4 is 5.91 Å². The van der Waals surface area contributed by atoms with Crippen LogP contribution in [0.1, 0.15) is 31.2 Å². The molecule has 0 bridgehead atoms. The molecule has 0 aliphatic carbocycles. The van der Waals surface area contributed by atoms with Crippen molar-refractivity contribution in [1.82, 2.24) is 5.32 Å². The van der Waals surface area contributed by atoms with Crippen LogP contribution in [0.5, 0.6) is 5.75 Å². The summed E-state index contributed by atoms with van der Waals surface area (Å²) in [5, 5.41) is 21.3. The molecule has 0 radical (unpaired) electrons. The molecule has 2 N–H and O–H groups in total. The number of nitriles is 1. The number of furan rings is 1. The number of hydrogen-bond donors (Lipinski definition) is 2. The van der Waals surface area contributed by atoms with E-state index in [-0.39, 0.29) is 18.4 Å². The monoisotopic (exact) mass is 328 g/mol. The van der Waals surface area contributed by atoms with Crippen molar-refractivity contribution in [1.29, 1.82) is 5.26 Å². The van der Waals surface area contributed by atoms with E-state index >= 15 is 0 Å². The van der Waals surface area contributed by atoms with Gasteiger partial charge in [-0.05, 0) is 30.2 Å². The third-order valence-electron chi connectivity index (χ3n) is 3.51. The quantitative estimate of drug-likeness (QED) is 0.814. The minimum Gasteiger partial charge on any atom is -0.479 e. The van der Waals surface area contributed by atoms with Crippen LogP contribution in [0.3, 0.4) is 0 Å². The van der Waals surface area contributed by atoms with Crippen LogP contribution in [0.4, 0.5) is 0 Å². The molecule has 0 fully saturated rings. The number of hydrogen-bond acceptors (Lipinski definition) is 5. The Kier molecular flexibility index (Phi) is 5.99. The van der Waals surface area contributed by atoms with Gasteiger partial charge in [-0.15, -0.1) is 0 Å². The second-order valence-corrected chi connectivity index (χ2v) is 5.65. The zero-order chi connectivity index (χ0) is 17.5. The molecule has 24 heavy (non-hydrogen) atoms. The van der Waals surface area contributed by atoms with Gasteiger partial charge < -0.3 is 19.6 Å². The summed E-state index contributed by atoms with van der Waals surface area (Å²) in [5.41, 5.74) is 0.362. The van der Waals surface area contributed by atoms with Gasteiger partial charge in [-0.3, -0.25) is 4.79 Å². The lowest BCUT2D eigenvalue weighted by Gasteiger charge is -2.24. The number of nitrogens with one attached hydrogen (secondary N) is 1. The smallest absolute Gasteiger partial charge is 0.262 e. The average Bonchev–Trinajstić information content (AvgIpc) is 3.11. The van der Waals surface area contributed by atoms with Crippen molar-refractivity contribution in [2.75, 3.05) is 6.61 Å². The SMILES string of the molecule is CC(C)C(Oc1ccccc1C#N)C(=O)NC(CO)c1ccco1. The second-order valence-electron chi connectivity index (χ2n) is 5.65. The lowest BCUT2D eigenvalue weighted by Crippen LogP contribution is -2.44. The van der Waals surface area contributed by atoms with Crippen LogP contribution in [0.15, 0.2) is 47.1 Å². The highest BCUT2D eigenvalue weighted by molar-refractivity contribution is 5.82. The number of para-hydroxylation sites is 1. The number of aliphatic hydroxyl groups is 1. The summed E-state index contributed by atoms with van der Waals surface area (Å²) < 4.78 is 11.0. The van der Waals surface area contributed by atoms with E-state index in [1.807, 2.05) is 19.9 Å².